The Morgan fingerprint density at radius 2 is 1.80 bits per heavy atom. The lowest BCUT2D eigenvalue weighted by Gasteiger charge is -2.10. The molecule has 0 aliphatic rings. The highest BCUT2D eigenvalue weighted by Crippen LogP contribution is 2.23. The van der Waals surface area contributed by atoms with Crippen LogP contribution in [0.5, 0.6) is 0 Å². The molecule has 3 rings (SSSR count). The van der Waals surface area contributed by atoms with E-state index in [1.807, 2.05) is 25.1 Å². The van der Waals surface area contributed by atoms with Gasteiger partial charge in [-0.2, -0.15) is 0 Å². The number of nitrogens with zero attached hydrogens (tertiary/aromatic N) is 2. The Labute approximate surface area is 144 Å². The Bertz CT molecular complexity index is 1050. The summed E-state index contributed by atoms with van der Waals surface area (Å²) in [6.45, 7) is 1.83. The molecule has 3 aromatic rings. The molecular weight excluding hydrogens is 342 g/mol. The van der Waals surface area contributed by atoms with E-state index in [4.69, 9.17) is 0 Å². The fourth-order valence-corrected chi connectivity index (χ4v) is 3.67. The molecule has 0 atom stereocenters. The number of pyridine rings is 1. The fraction of sp³-hybridized carbons (Fsp3) is 0.118. The van der Waals surface area contributed by atoms with Crippen LogP contribution < -0.4 is 4.72 Å². The number of benzene rings is 2. The molecular formula is C17H15N3O4S. The zero-order chi connectivity index (χ0) is 18.0. The maximum Gasteiger partial charge on any atom is 0.269 e. The molecule has 0 spiro atoms. The third kappa shape index (κ3) is 3.92. The summed E-state index contributed by atoms with van der Waals surface area (Å²) in [5.41, 5.74) is 2.15. The number of hydrogen-bond acceptors (Lipinski definition) is 5. The smallest absolute Gasteiger partial charge is 0.269 e. The van der Waals surface area contributed by atoms with Crippen molar-refractivity contribution in [1.82, 2.24) is 4.98 Å². The summed E-state index contributed by atoms with van der Waals surface area (Å²) < 4.78 is 27.4. The average Bonchev–Trinajstić information content (AvgIpc) is 2.55. The number of fused-ring (bicyclic) bond motifs is 1. The quantitative estimate of drug-likeness (QED) is 0.557. The van der Waals surface area contributed by atoms with Crippen molar-refractivity contribution in [2.24, 2.45) is 0 Å². The number of aromatic nitrogens is 1. The van der Waals surface area contributed by atoms with Crippen molar-refractivity contribution in [3.8, 4) is 0 Å². The highest BCUT2D eigenvalue weighted by atomic mass is 32.2. The minimum absolute atomic E-state index is 0.0807. The van der Waals surface area contributed by atoms with Crippen LogP contribution in [0.2, 0.25) is 0 Å². The number of non-ortho nitro benzene ring substituents is 1. The molecule has 0 aliphatic carbocycles. The number of nitro groups is 1. The third-order valence-electron chi connectivity index (χ3n) is 3.63. The van der Waals surface area contributed by atoms with Crippen molar-refractivity contribution < 1.29 is 13.3 Å². The topological polar surface area (TPSA) is 102 Å². The van der Waals surface area contributed by atoms with Gasteiger partial charge in [0.1, 0.15) is 0 Å². The van der Waals surface area contributed by atoms with Crippen molar-refractivity contribution in [3.05, 3.63) is 76.0 Å². The van der Waals surface area contributed by atoms with Crippen LogP contribution in [-0.4, -0.2) is 18.3 Å². The van der Waals surface area contributed by atoms with Crippen molar-refractivity contribution >= 4 is 32.3 Å². The van der Waals surface area contributed by atoms with Crippen LogP contribution in [0.25, 0.3) is 10.9 Å². The highest BCUT2D eigenvalue weighted by Gasteiger charge is 2.15. The Kier molecular flexibility index (Phi) is 4.37. The van der Waals surface area contributed by atoms with Gasteiger partial charge in [0.15, 0.2) is 0 Å². The highest BCUT2D eigenvalue weighted by molar-refractivity contribution is 7.91. The van der Waals surface area contributed by atoms with E-state index >= 15 is 0 Å². The standard InChI is InChI=1S/C17H15N3O4S/c1-12-5-8-14-3-2-4-16(17(14)18-12)19-25(23,24)11-13-6-9-15(10-7-13)20(21)22/h2-10,19H,11H2,1H3. The zero-order valence-electron chi connectivity index (χ0n) is 13.3. The average molecular weight is 357 g/mol. The lowest BCUT2D eigenvalue weighted by atomic mass is 10.2. The van der Waals surface area contributed by atoms with E-state index in [9.17, 15) is 18.5 Å². The first-order chi connectivity index (χ1) is 11.8. The van der Waals surface area contributed by atoms with Gasteiger partial charge < -0.3 is 0 Å². The number of aryl methyl sites for hydroxylation is 1. The molecule has 0 fully saturated rings. The molecule has 128 valence electrons. The summed E-state index contributed by atoms with van der Waals surface area (Å²) in [7, 11) is -3.68. The van der Waals surface area contributed by atoms with E-state index in [0.29, 0.717) is 16.8 Å². The second-order valence-electron chi connectivity index (χ2n) is 5.61. The first-order valence-electron chi connectivity index (χ1n) is 7.44. The van der Waals surface area contributed by atoms with Gasteiger partial charge >= 0.3 is 0 Å². The molecule has 0 aliphatic heterocycles. The minimum atomic E-state index is -3.68. The SMILES string of the molecule is Cc1ccc2cccc(NS(=O)(=O)Cc3ccc([N+](=O)[O-])cc3)c2n1. The second kappa shape index (κ2) is 6.48. The summed E-state index contributed by atoms with van der Waals surface area (Å²) in [6.07, 6.45) is 0. The van der Waals surface area contributed by atoms with Gasteiger partial charge in [-0.1, -0.05) is 30.3 Å². The molecule has 0 saturated heterocycles. The molecule has 2 aromatic carbocycles. The summed E-state index contributed by atoms with van der Waals surface area (Å²) in [5.74, 6) is -0.285. The van der Waals surface area contributed by atoms with E-state index < -0.39 is 14.9 Å². The predicted molar refractivity (Wildman–Crippen MR) is 95.8 cm³/mol. The molecule has 0 bridgehead atoms. The molecule has 7 nitrogen and oxygen atoms in total. The lowest BCUT2D eigenvalue weighted by molar-refractivity contribution is -0.384. The van der Waals surface area contributed by atoms with Crippen molar-refractivity contribution in [2.75, 3.05) is 4.72 Å². The Hall–Kier alpha value is -3.00. The third-order valence-corrected chi connectivity index (χ3v) is 4.87. The monoisotopic (exact) mass is 357 g/mol. The van der Waals surface area contributed by atoms with Crippen molar-refractivity contribution in [3.63, 3.8) is 0 Å². The molecule has 8 heteroatoms. The second-order valence-corrected chi connectivity index (χ2v) is 7.34. The summed E-state index contributed by atoms with van der Waals surface area (Å²) >= 11 is 0. The van der Waals surface area contributed by atoms with E-state index in [1.54, 1.807) is 12.1 Å². The van der Waals surface area contributed by atoms with Crippen LogP contribution in [0.1, 0.15) is 11.3 Å². The number of nitro benzene ring substituents is 1. The fourth-order valence-electron chi connectivity index (χ4n) is 2.46. The minimum Gasteiger partial charge on any atom is -0.281 e. The Morgan fingerprint density at radius 1 is 1.08 bits per heavy atom. The first kappa shape index (κ1) is 16.8. The van der Waals surface area contributed by atoms with E-state index in [0.717, 1.165) is 11.1 Å². The van der Waals surface area contributed by atoms with E-state index in [-0.39, 0.29) is 11.4 Å². The first-order valence-corrected chi connectivity index (χ1v) is 9.09. The van der Waals surface area contributed by atoms with Gasteiger partial charge in [-0.05, 0) is 24.6 Å². The molecule has 1 aromatic heterocycles. The van der Waals surface area contributed by atoms with Gasteiger partial charge in [0.2, 0.25) is 10.0 Å². The van der Waals surface area contributed by atoms with Gasteiger partial charge in [-0.25, -0.2) is 8.42 Å². The number of sulfonamides is 1. The number of anilines is 1. The van der Waals surface area contributed by atoms with Crippen molar-refractivity contribution in [2.45, 2.75) is 12.7 Å². The van der Waals surface area contributed by atoms with Crippen LogP contribution in [0.4, 0.5) is 11.4 Å². The number of para-hydroxylation sites is 1. The van der Waals surface area contributed by atoms with Gasteiger partial charge in [0.25, 0.3) is 5.69 Å². The van der Waals surface area contributed by atoms with Crippen LogP contribution in [-0.2, 0) is 15.8 Å². The number of rotatable bonds is 5. The summed E-state index contributed by atoms with van der Waals surface area (Å²) in [4.78, 5) is 14.5. The van der Waals surface area contributed by atoms with Crippen molar-refractivity contribution in [1.29, 1.82) is 0 Å². The molecule has 1 N–H and O–H groups in total. The van der Waals surface area contributed by atoms with Gasteiger partial charge in [0, 0.05) is 23.2 Å². The number of nitrogens with one attached hydrogen (secondary N) is 1. The molecule has 1 heterocycles. The van der Waals surface area contributed by atoms with Gasteiger partial charge in [-0.3, -0.25) is 19.8 Å². The van der Waals surface area contributed by atoms with Gasteiger partial charge in [0.05, 0.1) is 21.9 Å². The Balaban J connectivity index is 1.86. The number of hydrogen-bond donors (Lipinski definition) is 1. The van der Waals surface area contributed by atoms with Gasteiger partial charge in [-0.15, -0.1) is 0 Å². The van der Waals surface area contributed by atoms with Crippen LogP contribution in [0.15, 0.2) is 54.6 Å². The normalized spacial score (nSPS) is 11.4. The van der Waals surface area contributed by atoms with Crippen LogP contribution >= 0.6 is 0 Å². The molecule has 0 unspecified atom stereocenters. The molecule has 0 saturated carbocycles. The molecule has 0 radical (unpaired) electrons. The Morgan fingerprint density at radius 3 is 2.48 bits per heavy atom. The summed E-state index contributed by atoms with van der Waals surface area (Å²) in [6, 6.07) is 14.4. The summed E-state index contributed by atoms with van der Waals surface area (Å²) in [5, 5.41) is 11.5. The maximum atomic E-state index is 12.4. The van der Waals surface area contributed by atoms with E-state index in [1.165, 1.54) is 24.3 Å². The lowest BCUT2D eigenvalue weighted by Crippen LogP contribution is -2.15. The van der Waals surface area contributed by atoms with Crippen LogP contribution in [0.3, 0.4) is 0 Å². The zero-order valence-corrected chi connectivity index (χ0v) is 14.2. The molecule has 0 amide bonds. The van der Waals surface area contributed by atoms with Crippen LogP contribution in [0, 0.1) is 17.0 Å². The molecule has 25 heavy (non-hydrogen) atoms. The predicted octanol–water partition coefficient (Wildman–Crippen LogP) is 3.39. The van der Waals surface area contributed by atoms with E-state index in [2.05, 4.69) is 9.71 Å². The largest absolute Gasteiger partial charge is 0.281 e. The maximum absolute atomic E-state index is 12.4.